The van der Waals surface area contributed by atoms with E-state index in [1.165, 1.54) is 24.2 Å². The Morgan fingerprint density at radius 1 is 1.30 bits per heavy atom. The molecule has 1 fully saturated rings. The third-order valence-electron chi connectivity index (χ3n) is 3.82. The van der Waals surface area contributed by atoms with Gasteiger partial charge in [-0.05, 0) is 25.7 Å². The summed E-state index contributed by atoms with van der Waals surface area (Å²) in [6.45, 7) is 13.1. The Morgan fingerprint density at radius 2 is 1.95 bits per heavy atom. The molecular weight excluding hydrogens is 248 g/mol. The molecule has 4 heteroatoms. The summed E-state index contributed by atoms with van der Waals surface area (Å²) in [7, 11) is 2.08. The molecule has 0 unspecified atom stereocenters. The first-order valence-corrected chi connectivity index (χ1v) is 7.92. The monoisotopic (exact) mass is 278 g/mol. The molecule has 2 rings (SSSR count). The zero-order chi connectivity index (χ0) is 14.9. The number of anilines is 1. The average Bonchev–Trinajstić information content (AvgIpc) is 3.11. The Bertz CT molecular complexity index is 444. The summed E-state index contributed by atoms with van der Waals surface area (Å²) in [5, 5.41) is 8.21. The highest BCUT2D eigenvalue weighted by atomic mass is 15.4. The van der Waals surface area contributed by atoms with E-state index in [1.54, 1.807) is 0 Å². The number of hydrogen-bond donors (Lipinski definition) is 1. The Kier molecular flexibility index (Phi) is 4.74. The van der Waals surface area contributed by atoms with Crippen molar-refractivity contribution in [2.24, 2.45) is 13.0 Å². The summed E-state index contributed by atoms with van der Waals surface area (Å²) in [5.74, 6) is 2.00. The maximum atomic E-state index is 4.66. The van der Waals surface area contributed by atoms with E-state index in [1.807, 2.05) is 0 Å². The molecule has 0 aliphatic heterocycles. The molecule has 1 heterocycles. The molecule has 1 aliphatic rings. The molecular formula is C16H30N4. The number of aryl methyl sites for hydroxylation is 2. The minimum absolute atomic E-state index is 0.502. The van der Waals surface area contributed by atoms with Gasteiger partial charge in [0.05, 0.1) is 5.69 Å². The Labute approximate surface area is 123 Å². The van der Waals surface area contributed by atoms with Gasteiger partial charge in [0.2, 0.25) is 0 Å². The van der Waals surface area contributed by atoms with Crippen LogP contribution in [0.3, 0.4) is 0 Å². The molecule has 1 aliphatic carbocycles. The lowest BCUT2D eigenvalue weighted by Gasteiger charge is -2.28. The predicted octanol–water partition coefficient (Wildman–Crippen LogP) is 2.85. The van der Waals surface area contributed by atoms with Gasteiger partial charge in [-0.2, -0.15) is 5.10 Å². The summed E-state index contributed by atoms with van der Waals surface area (Å²) in [6, 6.07) is 1.23. The van der Waals surface area contributed by atoms with Gasteiger partial charge in [0, 0.05) is 37.8 Å². The lowest BCUT2D eigenvalue weighted by Crippen LogP contribution is -2.33. The van der Waals surface area contributed by atoms with E-state index < -0.39 is 0 Å². The van der Waals surface area contributed by atoms with Crippen LogP contribution >= 0.6 is 0 Å². The van der Waals surface area contributed by atoms with Crippen LogP contribution < -0.4 is 10.2 Å². The maximum absolute atomic E-state index is 4.66. The van der Waals surface area contributed by atoms with Crippen molar-refractivity contribution in [2.75, 3.05) is 11.4 Å². The Balaban J connectivity index is 2.27. The van der Waals surface area contributed by atoms with E-state index in [9.17, 15) is 0 Å². The fourth-order valence-corrected chi connectivity index (χ4v) is 2.75. The largest absolute Gasteiger partial charge is 0.353 e. The molecule has 1 N–H and O–H groups in total. The minimum Gasteiger partial charge on any atom is -0.353 e. The summed E-state index contributed by atoms with van der Waals surface area (Å²) < 4.78 is 2.08. The van der Waals surface area contributed by atoms with Gasteiger partial charge in [-0.3, -0.25) is 4.68 Å². The van der Waals surface area contributed by atoms with Crippen molar-refractivity contribution in [1.82, 2.24) is 15.1 Å². The first-order valence-electron chi connectivity index (χ1n) is 7.92. The summed E-state index contributed by atoms with van der Waals surface area (Å²) >= 11 is 0. The molecule has 0 spiro atoms. The third kappa shape index (κ3) is 3.54. The topological polar surface area (TPSA) is 33.1 Å². The average molecular weight is 278 g/mol. The van der Waals surface area contributed by atoms with Crippen LogP contribution in [-0.2, 0) is 13.6 Å². The Hall–Kier alpha value is -1.03. The summed E-state index contributed by atoms with van der Waals surface area (Å²) in [6.07, 6.45) is 2.65. The number of aromatic nitrogens is 2. The van der Waals surface area contributed by atoms with Crippen LogP contribution in [0.25, 0.3) is 0 Å². The zero-order valence-electron chi connectivity index (χ0n) is 13.9. The van der Waals surface area contributed by atoms with Crippen molar-refractivity contribution in [3.05, 3.63) is 11.3 Å². The van der Waals surface area contributed by atoms with Gasteiger partial charge < -0.3 is 10.2 Å². The SMILES string of the molecule is Cc1nn(C)c(N(CC(C)C)C2CC2)c1CNC(C)C. The molecule has 1 saturated carbocycles. The van der Waals surface area contributed by atoms with Crippen molar-refractivity contribution >= 4 is 5.82 Å². The van der Waals surface area contributed by atoms with Gasteiger partial charge in [-0.15, -0.1) is 0 Å². The summed E-state index contributed by atoms with van der Waals surface area (Å²) in [4.78, 5) is 2.59. The molecule has 0 aromatic carbocycles. The third-order valence-corrected chi connectivity index (χ3v) is 3.82. The second-order valence-electron chi connectivity index (χ2n) is 6.82. The number of rotatable bonds is 7. The second kappa shape index (κ2) is 6.17. The van der Waals surface area contributed by atoms with Gasteiger partial charge in [0.15, 0.2) is 0 Å². The number of hydrogen-bond acceptors (Lipinski definition) is 3. The van der Waals surface area contributed by atoms with Gasteiger partial charge in [-0.25, -0.2) is 0 Å². The maximum Gasteiger partial charge on any atom is 0.131 e. The normalized spacial score (nSPS) is 15.4. The molecule has 4 nitrogen and oxygen atoms in total. The van der Waals surface area contributed by atoms with Crippen molar-refractivity contribution < 1.29 is 0 Å². The molecule has 0 amide bonds. The van der Waals surface area contributed by atoms with E-state index >= 15 is 0 Å². The first kappa shape index (κ1) is 15.4. The predicted molar refractivity (Wildman–Crippen MR) is 85.1 cm³/mol. The number of nitrogens with zero attached hydrogens (tertiary/aromatic N) is 3. The molecule has 114 valence electrons. The molecule has 0 bridgehead atoms. The van der Waals surface area contributed by atoms with Crippen molar-refractivity contribution in [3.8, 4) is 0 Å². The highest BCUT2D eigenvalue weighted by Gasteiger charge is 2.33. The van der Waals surface area contributed by atoms with Crippen molar-refractivity contribution in [3.63, 3.8) is 0 Å². The number of nitrogens with one attached hydrogen (secondary N) is 1. The highest BCUT2D eigenvalue weighted by Crippen LogP contribution is 2.35. The minimum atomic E-state index is 0.502. The van der Waals surface area contributed by atoms with Crippen molar-refractivity contribution in [2.45, 2.75) is 66.1 Å². The van der Waals surface area contributed by atoms with E-state index in [2.05, 4.69) is 61.7 Å². The molecule has 1 aromatic heterocycles. The molecule has 1 aromatic rings. The van der Waals surface area contributed by atoms with Crippen LogP contribution in [0.4, 0.5) is 5.82 Å². The van der Waals surface area contributed by atoms with Crippen molar-refractivity contribution in [1.29, 1.82) is 0 Å². The van der Waals surface area contributed by atoms with Crippen LogP contribution in [0.2, 0.25) is 0 Å². The van der Waals surface area contributed by atoms with Crippen LogP contribution in [-0.4, -0.2) is 28.4 Å². The van der Waals surface area contributed by atoms with Crippen LogP contribution in [0.5, 0.6) is 0 Å². The molecule has 0 atom stereocenters. The quantitative estimate of drug-likeness (QED) is 0.832. The Morgan fingerprint density at radius 3 is 2.45 bits per heavy atom. The van der Waals surface area contributed by atoms with Gasteiger partial charge in [-0.1, -0.05) is 27.7 Å². The summed E-state index contributed by atoms with van der Waals surface area (Å²) in [5.41, 5.74) is 2.53. The smallest absolute Gasteiger partial charge is 0.131 e. The van der Waals surface area contributed by atoms with Crippen LogP contribution in [0.15, 0.2) is 0 Å². The van der Waals surface area contributed by atoms with Gasteiger partial charge >= 0.3 is 0 Å². The van der Waals surface area contributed by atoms with Gasteiger partial charge in [0.25, 0.3) is 0 Å². The van der Waals surface area contributed by atoms with E-state index in [4.69, 9.17) is 0 Å². The highest BCUT2D eigenvalue weighted by molar-refractivity contribution is 5.52. The first-order chi connectivity index (χ1) is 9.40. The standard InChI is InChI=1S/C16H30N4/c1-11(2)10-20(14-7-8-14)16-15(9-17-12(3)4)13(5)18-19(16)6/h11-12,14,17H,7-10H2,1-6H3. The second-order valence-corrected chi connectivity index (χ2v) is 6.82. The van der Waals surface area contributed by atoms with E-state index in [0.717, 1.165) is 24.8 Å². The van der Waals surface area contributed by atoms with Crippen LogP contribution in [0.1, 0.15) is 51.8 Å². The lowest BCUT2D eigenvalue weighted by atomic mass is 10.1. The molecule has 0 saturated heterocycles. The molecule has 20 heavy (non-hydrogen) atoms. The fourth-order valence-electron chi connectivity index (χ4n) is 2.75. The lowest BCUT2D eigenvalue weighted by molar-refractivity contribution is 0.571. The molecule has 0 radical (unpaired) electrons. The van der Waals surface area contributed by atoms with Crippen LogP contribution in [0, 0.1) is 12.8 Å². The zero-order valence-corrected chi connectivity index (χ0v) is 13.9. The fraction of sp³-hybridized carbons (Fsp3) is 0.812. The van der Waals surface area contributed by atoms with E-state index in [-0.39, 0.29) is 0 Å². The van der Waals surface area contributed by atoms with Gasteiger partial charge in [0.1, 0.15) is 5.82 Å². The van der Waals surface area contributed by atoms with E-state index in [0.29, 0.717) is 12.0 Å².